The van der Waals surface area contributed by atoms with Crippen molar-refractivity contribution in [3.63, 3.8) is 0 Å². The van der Waals surface area contributed by atoms with Crippen LogP contribution in [0.5, 0.6) is 0 Å². The first-order valence-corrected chi connectivity index (χ1v) is 6.70. The van der Waals surface area contributed by atoms with Gasteiger partial charge in [0, 0.05) is 13.1 Å². The van der Waals surface area contributed by atoms with Crippen LogP contribution in [0.2, 0.25) is 5.02 Å². The standard InChI is InChI=1S/C14H21ClN2/c1-10-5-6-17(8-11(10)2)9-12-3-4-13(15)14(16)7-12/h3-4,7,10-11H,5-6,8-9,16H2,1-2H3. The molecule has 2 unspecified atom stereocenters. The molecule has 2 N–H and O–H groups in total. The van der Waals surface area contributed by atoms with Crippen molar-refractivity contribution in [3.05, 3.63) is 28.8 Å². The molecule has 1 fully saturated rings. The molecule has 0 spiro atoms. The van der Waals surface area contributed by atoms with Gasteiger partial charge in [-0.15, -0.1) is 0 Å². The molecule has 1 aromatic rings. The van der Waals surface area contributed by atoms with E-state index < -0.39 is 0 Å². The second-order valence-electron chi connectivity index (χ2n) is 5.33. The lowest BCUT2D eigenvalue weighted by Gasteiger charge is -2.35. The molecule has 17 heavy (non-hydrogen) atoms. The third kappa shape index (κ3) is 3.14. The van der Waals surface area contributed by atoms with Crippen LogP contribution in [0, 0.1) is 11.8 Å². The van der Waals surface area contributed by atoms with Gasteiger partial charge in [0.1, 0.15) is 0 Å². The maximum Gasteiger partial charge on any atom is 0.0635 e. The summed E-state index contributed by atoms with van der Waals surface area (Å²) in [4.78, 5) is 2.51. The predicted octanol–water partition coefficient (Wildman–Crippen LogP) is 3.40. The van der Waals surface area contributed by atoms with Crippen LogP contribution in [0.4, 0.5) is 5.69 Å². The van der Waals surface area contributed by atoms with Gasteiger partial charge in [0.2, 0.25) is 0 Å². The van der Waals surface area contributed by atoms with E-state index in [1.165, 1.54) is 25.1 Å². The fourth-order valence-electron chi connectivity index (χ4n) is 2.44. The molecule has 0 aromatic heterocycles. The topological polar surface area (TPSA) is 29.3 Å². The molecule has 1 aliphatic heterocycles. The lowest BCUT2D eigenvalue weighted by molar-refractivity contribution is 0.132. The Kier molecular flexibility index (Phi) is 3.95. The van der Waals surface area contributed by atoms with Gasteiger partial charge in [0.05, 0.1) is 10.7 Å². The summed E-state index contributed by atoms with van der Waals surface area (Å²) in [6, 6.07) is 5.95. The fraction of sp³-hybridized carbons (Fsp3) is 0.571. The van der Waals surface area contributed by atoms with Gasteiger partial charge in [0.25, 0.3) is 0 Å². The SMILES string of the molecule is CC1CCN(Cc2ccc(Cl)c(N)c2)CC1C. The van der Waals surface area contributed by atoms with Gasteiger partial charge in [-0.25, -0.2) is 0 Å². The van der Waals surface area contributed by atoms with Crippen LogP contribution in [0.1, 0.15) is 25.8 Å². The molecule has 0 radical (unpaired) electrons. The summed E-state index contributed by atoms with van der Waals surface area (Å²) in [5.41, 5.74) is 7.77. The highest BCUT2D eigenvalue weighted by atomic mass is 35.5. The molecule has 0 bridgehead atoms. The van der Waals surface area contributed by atoms with E-state index in [0.717, 1.165) is 18.4 Å². The number of nitrogens with zero attached hydrogens (tertiary/aromatic N) is 1. The second kappa shape index (κ2) is 5.28. The zero-order valence-corrected chi connectivity index (χ0v) is 11.4. The molecule has 2 atom stereocenters. The Morgan fingerprint density at radius 1 is 1.35 bits per heavy atom. The summed E-state index contributed by atoms with van der Waals surface area (Å²) in [7, 11) is 0. The summed E-state index contributed by atoms with van der Waals surface area (Å²) in [6.07, 6.45) is 1.30. The van der Waals surface area contributed by atoms with Crippen LogP contribution in [-0.2, 0) is 6.54 Å². The van der Waals surface area contributed by atoms with Gasteiger partial charge in [-0.05, 0) is 42.5 Å². The van der Waals surface area contributed by atoms with Gasteiger partial charge in [-0.3, -0.25) is 4.90 Å². The monoisotopic (exact) mass is 252 g/mol. The molecule has 94 valence electrons. The average molecular weight is 253 g/mol. The van der Waals surface area contributed by atoms with Crippen LogP contribution < -0.4 is 5.73 Å². The fourth-order valence-corrected chi connectivity index (χ4v) is 2.56. The van der Waals surface area contributed by atoms with E-state index in [0.29, 0.717) is 10.7 Å². The Balaban J connectivity index is 1.99. The number of benzene rings is 1. The first kappa shape index (κ1) is 12.7. The predicted molar refractivity (Wildman–Crippen MR) is 74.1 cm³/mol. The number of piperidine rings is 1. The number of halogens is 1. The van der Waals surface area contributed by atoms with E-state index in [4.69, 9.17) is 17.3 Å². The quantitative estimate of drug-likeness (QED) is 0.818. The van der Waals surface area contributed by atoms with E-state index in [2.05, 4.69) is 24.8 Å². The van der Waals surface area contributed by atoms with E-state index in [1.807, 2.05) is 12.1 Å². The molecular formula is C14H21ClN2. The van der Waals surface area contributed by atoms with E-state index in [9.17, 15) is 0 Å². The van der Waals surface area contributed by atoms with Crippen molar-refractivity contribution >= 4 is 17.3 Å². The van der Waals surface area contributed by atoms with Gasteiger partial charge < -0.3 is 5.73 Å². The van der Waals surface area contributed by atoms with E-state index in [1.54, 1.807) is 0 Å². The summed E-state index contributed by atoms with van der Waals surface area (Å²) < 4.78 is 0. The van der Waals surface area contributed by atoms with Crippen molar-refractivity contribution in [1.82, 2.24) is 4.90 Å². The van der Waals surface area contributed by atoms with Crippen LogP contribution in [-0.4, -0.2) is 18.0 Å². The summed E-state index contributed by atoms with van der Waals surface area (Å²) in [5, 5.41) is 0.648. The highest BCUT2D eigenvalue weighted by molar-refractivity contribution is 6.33. The van der Waals surface area contributed by atoms with Crippen LogP contribution in [0.3, 0.4) is 0 Å². The lowest BCUT2D eigenvalue weighted by Crippen LogP contribution is -2.37. The Bertz CT molecular complexity index is 392. The highest BCUT2D eigenvalue weighted by Crippen LogP contribution is 2.25. The number of anilines is 1. The van der Waals surface area contributed by atoms with Crippen LogP contribution in [0.15, 0.2) is 18.2 Å². The molecule has 3 heteroatoms. The highest BCUT2D eigenvalue weighted by Gasteiger charge is 2.22. The molecule has 0 amide bonds. The maximum atomic E-state index is 5.93. The lowest BCUT2D eigenvalue weighted by atomic mass is 9.88. The molecule has 2 nitrogen and oxygen atoms in total. The molecule has 1 heterocycles. The van der Waals surface area contributed by atoms with Crippen molar-refractivity contribution in [2.45, 2.75) is 26.8 Å². The minimum Gasteiger partial charge on any atom is -0.398 e. The molecule has 0 saturated carbocycles. The zero-order valence-electron chi connectivity index (χ0n) is 10.6. The Hall–Kier alpha value is -0.730. The summed E-state index contributed by atoms with van der Waals surface area (Å²) in [5.74, 6) is 1.63. The van der Waals surface area contributed by atoms with Gasteiger partial charge in [0.15, 0.2) is 0 Å². The first-order chi connectivity index (χ1) is 8.06. The third-order valence-electron chi connectivity index (χ3n) is 3.88. The molecule has 0 aliphatic carbocycles. The van der Waals surface area contributed by atoms with Gasteiger partial charge >= 0.3 is 0 Å². The van der Waals surface area contributed by atoms with Crippen molar-refractivity contribution in [2.24, 2.45) is 11.8 Å². The van der Waals surface area contributed by atoms with Crippen LogP contribution in [0.25, 0.3) is 0 Å². The number of rotatable bonds is 2. The first-order valence-electron chi connectivity index (χ1n) is 6.32. The zero-order chi connectivity index (χ0) is 12.4. The minimum atomic E-state index is 0.648. The number of hydrogen-bond donors (Lipinski definition) is 1. The molecule has 1 aromatic carbocycles. The summed E-state index contributed by atoms with van der Waals surface area (Å²) >= 11 is 5.93. The Morgan fingerprint density at radius 3 is 2.76 bits per heavy atom. The third-order valence-corrected chi connectivity index (χ3v) is 4.23. The van der Waals surface area contributed by atoms with Crippen molar-refractivity contribution < 1.29 is 0 Å². The summed E-state index contributed by atoms with van der Waals surface area (Å²) in [6.45, 7) is 8.05. The second-order valence-corrected chi connectivity index (χ2v) is 5.74. The largest absolute Gasteiger partial charge is 0.398 e. The number of nitrogens with two attached hydrogens (primary N) is 1. The Labute approximate surface area is 109 Å². The normalized spacial score (nSPS) is 26.1. The molecule has 1 saturated heterocycles. The molecular weight excluding hydrogens is 232 g/mol. The number of hydrogen-bond acceptors (Lipinski definition) is 2. The van der Waals surface area contributed by atoms with Crippen molar-refractivity contribution in [1.29, 1.82) is 0 Å². The number of nitrogen functional groups attached to an aromatic ring is 1. The molecule has 1 aliphatic rings. The Morgan fingerprint density at radius 2 is 2.12 bits per heavy atom. The van der Waals surface area contributed by atoms with Crippen LogP contribution >= 0.6 is 11.6 Å². The average Bonchev–Trinajstić information content (AvgIpc) is 2.29. The van der Waals surface area contributed by atoms with Gasteiger partial charge in [-0.2, -0.15) is 0 Å². The van der Waals surface area contributed by atoms with Crippen molar-refractivity contribution in [2.75, 3.05) is 18.8 Å². The van der Waals surface area contributed by atoms with Crippen molar-refractivity contribution in [3.8, 4) is 0 Å². The molecule has 2 rings (SSSR count). The van der Waals surface area contributed by atoms with E-state index >= 15 is 0 Å². The minimum absolute atomic E-state index is 0.648. The van der Waals surface area contributed by atoms with Gasteiger partial charge in [-0.1, -0.05) is 31.5 Å². The maximum absolute atomic E-state index is 5.93. The van der Waals surface area contributed by atoms with E-state index in [-0.39, 0.29) is 0 Å². The number of likely N-dealkylation sites (tertiary alicyclic amines) is 1. The smallest absolute Gasteiger partial charge is 0.0635 e.